The maximum atomic E-state index is 13.7. The number of ketones is 1. The number of allylic oxidation sites excluding steroid dienone is 2. The van der Waals surface area contributed by atoms with Gasteiger partial charge in [-0.2, -0.15) is 10.2 Å². The smallest absolute Gasteiger partial charge is 0.164 e. The molecule has 1 aliphatic carbocycles. The minimum Gasteiger partial charge on any atom is -0.362 e. The van der Waals surface area contributed by atoms with Crippen molar-refractivity contribution in [3.8, 4) is 0 Å². The number of rotatable bonds is 4. The van der Waals surface area contributed by atoms with Gasteiger partial charge in [-0.05, 0) is 55.0 Å². The fourth-order valence-electron chi connectivity index (χ4n) is 5.84. The second kappa shape index (κ2) is 7.65. The molecule has 0 fully saturated rings. The first kappa shape index (κ1) is 21.6. The van der Waals surface area contributed by atoms with Crippen LogP contribution < -0.4 is 10.2 Å². The maximum Gasteiger partial charge on any atom is 0.164 e. The lowest BCUT2D eigenvalue weighted by atomic mass is 9.59. The molecule has 170 valence electrons. The Balaban J connectivity index is 1.69. The molecule has 2 atom stereocenters. The van der Waals surface area contributed by atoms with E-state index >= 15 is 0 Å². The topological polar surface area (TPSA) is 70.0 Å². The van der Waals surface area contributed by atoms with Gasteiger partial charge in [0.05, 0.1) is 23.0 Å². The molecule has 1 aromatic carbocycles. The van der Waals surface area contributed by atoms with Gasteiger partial charge in [0.2, 0.25) is 0 Å². The third-order valence-corrected chi connectivity index (χ3v) is 7.38. The first-order valence-electron chi connectivity index (χ1n) is 11.7. The Hall–Kier alpha value is -3.28. The predicted octanol–water partition coefficient (Wildman–Crippen LogP) is 5.73. The molecule has 1 aromatic heterocycles. The average Bonchev–Trinajstić information content (AvgIpc) is 3.25. The van der Waals surface area contributed by atoms with Crippen molar-refractivity contribution in [1.29, 1.82) is 0 Å². The van der Waals surface area contributed by atoms with Crippen LogP contribution in [0.1, 0.15) is 51.3 Å². The van der Waals surface area contributed by atoms with Gasteiger partial charge in [0.15, 0.2) is 11.9 Å². The first-order valence-corrected chi connectivity index (χ1v) is 11.7. The lowest BCUT2D eigenvalue weighted by Gasteiger charge is -2.48. The molecule has 5 rings (SSSR count). The Morgan fingerprint density at radius 2 is 2.00 bits per heavy atom. The van der Waals surface area contributed by atoms with Crippen LogP contribution in [0.5, 0.6) is 0 Å². The average molecular weight is 442 g/mol. The standard InChI is InChI=1S/C27H31N5O/c1-6-27(18-9-7-10-19(13-18)32(5)22-11-8-12-28-17(22)2)20-16-29-31-25(20)30-21-14-26(3,4)15-23(33)24(21)27/h7-13,16,25,30H,6,14-15H2,1-5H3. The summed E-state index contributed by atoms with van der Waals surface area (Å²) in [7, 11) is 2.06. The quantitative estimate of drug-likeness (QED) is 0.658. The van der Waals surface area contributed by atoms with Crippen molar-refractivity contribution in [1.82, 2.24) is 10.3 Å². The Morgan fingerprint density at radius 1 is 1.18 bits per heavy atom. The van der Waals surface area contributed by atoms with Crippen molar-refractivity contribution < 1.29 is 4.79 Å². The zero-order valence-electron chi connectivity index (χ0n) is 20.0. The highest BCUT2D eigenvalue weighted by Crippen LogP contribution is 2.54. The number of anilines is 2. The summed E-state index contributed by atoms with van der Waals surface area (Å²) in [6.45, 7) is 8.52. The molecule has 0 saturated carbocycles. The van der Waals surface area contributed by atoms with Crippen molar-refractivity contribution in [3.63, 3.8) is 0 Å². The molecule has 3 aliphatic rings. The monoisotopic (exact) mass is 441 g/mol. The molecule has 2 aliphatic heterocycles. The Kier molecular flexibility index (Phi) is 5.00. The Labute approximate surface area is 195 Å². The molecule has 1 N–H and O–H groups in total. The van der Waals surface area contributed by atoms with E-state index in [0.29, 0.717) is 6.42 Å². The largest absolute Gasteiger partial charge is 0.362 e. The van der Waals surface area contributed by atoms with E-state index in [2.05, 4.69) is 83.6 Å². The van der Waals surface area contributed by atoms with Crippen LogP contribution in [0.3, 0.4) is 0 Å². The summed E-state index contributed by atoms with van der Waals surface area (Å²) in [6, 6.07) is 12.6. The third-order valence-electron chi connectivity index (χ3n) is 7.38. The van der Waals surface area contributed by atoms with Crippen LogP contribution in [-0.2, 0) is 10.2 Å². The molecule has 6 nitrogen and oxygen atoms in total. The van der Waals surface area contributed by atoms with Crippen molar-refractivity contribution in [2.45, 2.75) is 58.5 Å². The minimum absolute atomic E-state index is 0.0702. The number of hydrogen-bond acceptors (Lipinski definition) is 6. The van der Waals surface area contributed by atoms with Gasteiger partial charge in [0.1, 0.15) is 0 Å². The normalized spacial score (nSPS) is 25.3. The number of benzene rings is 1. The number of fused-ring (bicyclic) bond motifs is 1. The molecule has 0 amide bonds. The van der Waals surface area contributed by atoms with Crippen LogP contribution in [0.4, 0.5) is 11.4 Å². The number of azo groups is 1. The first-order chi connectivity index (χ1) is 15.8. The predicted molar refractivity (Wildman–Crippen MR) is 130 cm³/mol. The van der Waals surface area contributed by atoms with Gasteiger partial charge in [0, 0.05) is 42.2 Å². The molecular weight excluding hydrogens is 410 g/mol. The van der Waals surface area contributed by atoms with Crippen molar-refractivity contribution in [2.24, 2.45) is 15.6 Å². The van der Waals surface area contributed by atoms with Gasteiger partial charge < -0.3 is 10.2 Å². The highest BCUT2D eigenvalue weighted by atomic mass is 16.1. The van der Waals surface area contributed by atoms with E-state index in [9.17, 15) is 4.79 Å². The summed E-state index contributed by atoms with van der Waals surface area (Å²) >= 11 is 0. The molecular formula is C27H31N5O. The second-order valence-corrected chi connectivity index (χ2v) is 10.1. The summed E-state index contributed by atoms with van der Waals surface area (Å²) in [5, 5.41) is 12.3. The molecule has 2 unspecified atom stereocenters. The van der Waals surface area contributed by atoms with Gasteiger partial charge >= 0.3 is 0 Å². The van der Waals surface area contributed by atoms with Crippen LogP contribution in [0.15, 0.2) is 75.9 Å². The van der Waals surface area contributed by atoms with E-state index in [0.717, 1.165) is 52.3 Å². The van der Waals surface area contributed by atoms with Crippen LogP contribution in [0.25, 0.3) is 0 Å². The highest BCUT2D eigenvalue weighted by molar-refractivity contribution is 6.01. The fourth-order valence-corrected chi connectivity index (χ4v) is 5.84. The lowest BCUT2D eigenvalue weighted by Crippen LogP contribution is -2.51. The Bertz CT molecular complexity index is 1220. The molecule has 6 heteroatoms. The zero-order chi connectivity index (χ0) is 23.4. The number of nitrogens with zero attached hydrogens (tertiary/aromatic N) is 4. The van der Waals surface area contributed by atoms with E-state index in [4.69, 9.17) is 0 Å². The number of aryl methyl sites for hydroxylation is 1. The lowest BCUT2D eigenvalue weighted by molar-refractivity contribution is -0.119. The van der Waals surface area contributed by atoms with Crippen LogP contribution in [0, 0.1) is 12.3 Å². The van der Waals surface area contributed by atoms with Gasteiger partial charge in [-0.25, -0.2) is 0 Å². The highest BCUT2D eigenvalue weighted by Gasteiger charge is 2.53. The van der Waals surface area contributed by atoms with E-state index in [1.165, 1.54) is 0 Å². The zero-order valence-corrected chi connectivity index (χ0v) is 20.0. The minimum atomic E-state index is -0.539. The molecule has 0 saturated heterocycles. The SMILES string of the molecule is CCC1(c2cccc(N(C)c3cccnc3C)c2)C2=CN=NC2NC2=C1C(=O)CC(C)(C)C2. The van der Waals surface area contributed by atoms with Crippen LogP contribution in [-0.4, -0.2) is 24.0 Å². The number of carbonyl (C=O) groups is 1. The number of Topliss-reactive ketones (excluding diaryl/α,β-unsaturated/α-hetero) is 1. The summed E-state index contributed by atoms with van der Waals surface area (Å²) in [6.07, 6.45) is 5.62. The number of carbonyl (C=O) groups excluding carboxylic acids is 1. The number of pyridine rings is 1. The molecule has 33 heavy (non-hydrogen) atoms. The van der Waals surface area contributed by atoms with Gasteiger partial charge in [-0.3, -0.25) is 9.78 Å². The van der Waals surface area contributed by atoms with Crippen LogP contribution >= 0.6 is 0 Å². The van der Waals surface area contributed by atoms with Gasteiger partial charge in [-0.15, -0.1) is 0 Å². The summed E-state index contributed by atoms with van der Waals surface area (Å²) in [5.41, 5.74) is 6.59. The third kappa shape index (κ3) is 3.31. The van der Waals surface area contributed by atoms with E-state index < -0.39 is 5.41 Å². The van der Waals surface area contributed by atoms with E-state index in [1.807, 2.05) is 25.4 Å². The van der Waals surface area contributed by atoms with Gasteiger partial charge in [-0.1, -0.05) is 32.9 Å². The van der Waals surface area contributed by atoms with Gasteiger partial charge in [0.25, 0.3) is 0 Å². The summed E-state index contributed by atoms with van der Waals surface area (Å²) in [4.78, 5) is 20.3. The van der Waals surface area contributed by atoms with Crippen LogP contribution in [0.2, 0.25) is 0 Å². The molecule has 0 radical (unpaired) electrons. The van der Waals surface area contributed by atoms with Crippen molar-refractivity contribution >= 4 is 17.2 Å². The summed E-state index contributed by atoms with van der Waals surface area (Å²) < 4.78 is 0. The fraction of sp³-hybridized carbons (Fsp3) is 0.407. The van der Waals surface area contributed by atoms with E-state index in [-0.39, 0.29) is 17.4 Å². The Morgan fingerprint density at radius 3 is 2.76 bits per heavy atom. The number of hydrogen-bond donors (Lipinski definition) is 1. The second-order valence-electron chi connectivity index (χ2n) is 10.1. The summed E-state index contributed by atoms with van der Waals surface area (Å²) in [5.74, 6) is 0.226. The molecule has 2 aromatic rings. The maximum absolute atomic E-state index is 13.7. The van der Waals surface area contributed by atoms with E-state index in [1.54, 1.807) is 0 Å². The van der Waals surface area contributed by atoms with Crippen molar-refractivity contribution in [2.75, 3.05) is 11.9 Å². The molecule has 3 heterocycles. The van der Waals surface area contributed by atoms with Crippen molar-refractivity contribution in [3.05, 3.63) is 76.9 Å². The molecule has 0 spiro atoms. The number of aromatic nitrogens is 1. The number of nitrogens with one attached hydrogen (secondary N) is 1. The molecule has 0 bridgehead atoms.